The summed E-state index contributed by atoms with van der Waals surface area (Å²) in [5.74, 6) is 1.51. The second kappa shape index (κ2) is 7.01. The summed E-state index contributed by atoms with van der Waals surface area (Å²) in [7, 11) is 1.86. The molecule has 106 valence electrons. The van der Waals surface area contributed by atoms with Gasteiger partial charge in [-0.05, 0) is 18.9 Å². The highest BCUT2D eigenvalue weighted by atomic mass is 16.5. The molecule has 0 aliphatic heterocycles. The number of hydrogen-bond acceptors (Lipinski definition) is 4. The van der Waals surface area contributed by atoms with Crippen LogP contribution in [-0.4, -0.2) is 23.6 Å². The molecule has 0 saturated carbocycles. The van der Waals surface area contributed by atoms with Crippen molar-refractivity contribution < 1.29 is 4.74 Å². The van der Waals surface area contributed by atoms with Gasteiger partial charge in [-0.25, -0.2) is 9.97 Å². The van der Waals surface area contributed by atoms with Crippen molar-refractivity contribution in [3.05, 3.63) is 41.7 Å². The highest BCUT2D eigenvalue weighted by molar-refractivity contribution is 5.62. The SMILES string of the molecule is CCOCc1nc(NC)cc(-c2ccc(CC)cc2)n1. The second-order valence-electron chi connectivity index (χ2n) is 4.49. The zero-order valence-electron chi connectivity index (χ0n) is 12.3. The molecule has 0 radical (unpaired) electrons. The van der Waals surface area contributed by atoms with E-state index in [2.05, 4.69) is 46.5 Å². The minimum absolute atomic E-state index is 0.437. The molecule has 1 aromatic carbocycles. The molecule has 0 fully saturated rings. The largest absolute Gasteiger partial charge is 0.374 e. The fourth-order valence-electron chi connectivity index (χ4n) is 1.94. The Balaban J connectivity index is 2.33. The second-order valence-corrected chi connectivity index (χ2v) is 4.49. The third-order valence-electron chi connectivity index (χ3n) is 3.12. The van der Waals surface area contributed by atoms with Crippen LogP contribution in [0, 0.1) is 0 Å². The molecule has 4 heteroatoms. The lowest BCUT2D eigenvalue weighted by atomic mass is 10.1. The molecule has 0 aliphatic carbocycles. The van der Waals surface area contributed by atoms with Crippen molar-refractivity contribution >= 4 is 5.82 Å². The molecule has 2 aromatic rings. The maximum absolute atomic E-state index is 5.39. The third-order valence-corrected chi connectivity index (χ3v) is 3.12. The topological polar surface area (TPSA) is 47.0 Å². The number of anilines is 1. The Morgan fingerprint density at radius 2 is 1.85 bits per heavy atom. The standard InChI is InChI=1S/C16H21N3O/c1-4-12-6-8-13(9-7-12)14-10-15(17-3)19-16(18-14)11-20-5-2/h6-10H,4-5,11H2,1-3H3,(H,17,18,19). The first kappa shape index (κ1) is 14.5. The Bertz CT molecular complexity index is 552. The first-order valence-electron chi connectivity index (χ1n) is 6.99. The zero-order chi connectivity index (χ0) is 14.4. The van der Waals surface area contributed by atoms with Gasteiger partial charge in [0.25, 0.3) is 0 Å². The molecule has 2 rings (SSSR count). The van der Waals surface area contributed by atoms with Crippen LogP contribution in [0.3, 0.4) is 0 Å². The van der Waals surface area contributed by atoms with Gasteiger partial charge in [0.1, 0.15) is 12.4 Å². The van der Waals surface area contributed by atoms with Gasteiger partial charge in [-0.3, -0.25) is 0 Å². The van der Waals surface area contributed by atoms with E-state index in [4.69, 9.17) is 4.74 Å². The van der Waals surface area contributed by atoms with Crippen molar-refractivity contribution in [3.8, 4) is 11.3 Å². The predicted molar refractivity (Wildman–Crippen MR) is 81.7 cm³/mol. The van der Waals surface area contributed by atoms with Gasteiger partial charge in [0.2, 0.25) is 0 Å². The monoisotopic (exact) mass is 271 g/mol. The number of ether oxygens (including phenoxy) is 1. The molecule has 1 heterocycles. The number of rotatable bonds is 6. The van der Waals surface area contributed by atoms with Crippen LogP contribution >= 0.6 is 0 Å². The van der Waals surface area contributed by atoms with Gasteiger partial charge in [0.15, 0.2) is 5.82 Å². The lowest BCUT2D eigenvalue weighted by Gasteiger charge is -2.08. The van der Waals surface area contributed by atoms with Crippen molar-refractivity contribution in [2.75, 3.05) is 19.0 Å². The van der Waals surface area contributed by atoms with E-state index in [1.54, 1.807) is 0 Å². The number of aromatic nitrogens is 2. The minimum Gasteiger partial charge on any atom is -0.374 e. The van der Waals surface area contributed by atoms with Crippen molar-refractivity contribution in [1.82, 2.24) is 9.97 Å². The smallest absolute Gasteiger partial charge is 0.157 e. The van der Waals surface area contributed by atoms with Gasteiger partial charge < -0.3 is 10.1 Å². The number of nitrogens with zero attached hydrogens (tertiary/aromatic N) is 2. The molecule has 1 N–H and O–H groups in total. The van der Waals surface area contributed by atoms with E-state index in [0.29, 0.717) is 19.0 Å². The lowest BCUT2D eigenvalue weighted by Crippen LogP contribution is -2.04. The van der Waals surface area contributed by atoms with Crippen molar-refractivity contribution in [2.24, 2.45) is 0 Å². The van der Waals surface area contributed by atoms with Crippen molar-refractivity contribution in [3.63, 3.8) is 0 Å². The fourth-order valence-corrected chi connectivity index (χ4v) is 1.94. The highest BCUT2D eigenvalue weighted by Gasteiger charge is 2.06. The van der Waals surface area contributed by atoms with Gasteiger partial charge in [-0.2, -0.15) is 0 Å². The Labute approximate surface area is 120 Å². The predicted octanol–water partition coefficient (Wildman–Crippen LogP) is 3.28. The van der Waals surface area contributed by atoms with Crippen LogP contribution in [0.15, 0.2) is 30.3 Å². The zero-order valence-corrected chi connectivity index (χ0v) is 12.3. The number of benzene rings is 1. The Morgan fingerprint density at radius 3 is 2.45 bits per heavy atom. The van der Waals surface area contributed by atoms with Crippen LogP contribution in [0.1, 0.15) is 25.2 Å². The van der Waals surface area contributed by atoms with E-state index in [-0.39, 0.29) is 0 Å². The van der Waals surface area contributed by atoms with Crippen molar-refractivity contribution in [2.45, 2.75) is 26.9 Å². The fraction of sp³-hybridized carbons (Fsp3) is 0.375. The van der Waals surface area contributed by atoms with E-state index >= 15 is 0 Å². The first-order valence-corrected chi connectivity index (χ1v) is 6.99. The number of nitrogens with one attached hydrogen (secondary N) is 1. The summed E-state index contributed by atoms with van der Waals surface area (Å²) in [4.78, 5) is 8.97. The van der Waals surface area contributed by atoms with Crippen LogP contribution in [0.25, 0.3) is 11.3 Å². The Morgan fingerprint density at radius 1 is 1.10 bits per heavy atom. The van der Waals surface area contributed by atoms with Crippen LogP contribution < -0.4 is 5.32 Å². The van der Waals surface area contributed by atoms with E-state index in [9.17, 15) is 0 Å². The van der Waals surface area contributed by atoms with Crippen LogP contribution in [-0.2, 0) is 17.8 Å². The quantitative estimate of drug-likeness (QED) is 0.875. The average Bonchev–Trinajstić information content (AvgIpc) is 2.52. The van der Waals surface area contributed by atoms with E-state index in [0.717, 1.165) is 23.5 Å². The Hall–Kier alpha value is -1.94. The number of aryl methyl sites for hydroxylation is 1. The van der Waals surface area contributed by atoms with Crippen LogP contribution in [0.2, 0.25) is 0 Å². The van der Waals surface area contributed by atoms with Crippen LogP contribution in [0.4, 0.5) is 5.82 Å². The van der Waals surface area contributed by atoms with Gasteiger partial charge in [0, 0.05) is 25.3 Å². The molecule has 0 atom stereocenters. The molecule has 0 aliphatic rings. The third kappa shape index (κ3) is 3.54. The summed E-state index contributed by atoms with van der Waals surface area (Å²) in [6, 6.07) is 10.4. The summed E-state index contributed by atoms with van der Waals surface area (Å²) in [6.45, 7) is 5.21. The highest BCUT2D eigenvalue weighted by Crippen LogP contribution is 2.20. The lowest BCUT2D eigenvalue weighted by molar-refractivity contribution is 0.128. The molecular formula is C16H21N3O. The molecular weight excluding hydrogens is 250 g/mol. The van der Waals surface area contributed by atoms with E-state index in [1.807, 2.05) is 20.0 Å². The summed E-state index contributed by atoms with van der Waals surface area (Å²) in [5.41, 5.74) is 3.34. The molecule has 0 spiro atoms. The van der Waals surface area contributed by atoms with E-state index in [1.165, 1.54) is 5.56 Å². The minimum atomic E-state index is 0.437. The van der Waals surface area contributed by atoms with Gasteiger partial charge in [-0.15, -0.1) is 0 Å². The maximum Gasteiger partial charge on any atom is 0.157 e. The first-order chi connectivity index (χ1) is 9.76. The molecule has 20 heavy (non-hydrogen) atoms. The molecule has 0 unspecified atom stereocenters. The van der Waals surface area contributed by atoms with Crippen LogP contribution in [0.5, 0.6) is 0 Å². The summed E-state index contributed by atoms with van der Waals surface area (Å²) in [6.07, 6.45) is 1.04. The van der Waals surface area contributed by atoms with Gasteiger partial charge in [0.05, 0.1) is 5.69 Å². The maximum atomic E-state index is 5.39. The molecule has 0 amide bonds. The summed E-state index contributed by atoms with van der Waals surface area (Å²) >= 11 is 0. The summed E-state index contributed by atoms with van der Waals surface area (Å²) in [5, 5.41) is 3.07. The Kier molecular flexibility index (Phi) is 5.07. The summed E-state index contributed by atoms with van der Waals surface area (Å²) < 4.78 is 5.39. The number of hydrogen-bond donors (Lipinski definition) is 1. The van der Waals surface area contributed by atoms with Gasteiger partial charge in [-0.1, -0.05) is 31.2 Å². The normalized spacial score (nSPS) is 10.6. The molecule has 4 nitrogen and oxygen atoms in total. The average molecular weight is 271 g/mol. The van der Waals surface area contributed by atoms with Crippen molar-refractivity contribution in [1.29, 1.82) is 0 Å². The molecule has 0 saturated heterocycles. The van der Waals surface area contributed by atoms with E-state index < -0.39 is 0 Å². The molecule has 1 aromatic heterocycles. The molecule has 0 bridgehead atoms. The van der Waals surface area contributed by atoms with Gasteiger partial charge >= 0.3 is 0 Å².